The number of benzene rings is 1. The van der Waals surface area contributed by atoms with Gasteiger partial charge in [0.2, 0.25) is 0 Å². The van der Waals surface area contributed by atoms with Gasteiger partial charge in [0.1, 0.15) is 5.82 Å². The lowest BCUT2D eigenvalue weighted by Gasteiger charge is -2.07. The van der Waals surface area contributed by atoms with E-state index >= 15 is 0 Å². The number of carbonyl (C=O) groups excluding carboxylic acids is 1. The Morgan fingerprint density at radius 1 is 1.41 bits per heavy atom. The second kappa shape index (κ2) is 4.55. The Morgan fingerprint density at radius 3 is 2.76 bits per heavy atom. The van der Waals surface area contributed by atoms with Crippen LogP contribution in [0.2, 0.25) is 0 Å². The van der Waals surface area contributed by atoms with E-state index in [0.717, 1.165) is 5.56 Å². The highest BCUT2D eigenvalue weighted by Crippen LogP contribution is 2.22. The van der Waals surface area contributed by atoms with Crippen molar-refractivity contribution in [3.8, 4) is 0 Å². The molecule has 3 nitrogen and oxygen atoms in total. The van der Waals surface area contributed by atoms with E-state index in [4.69, 9.17) is 5.73 Å². The van der Waals surface area contributed by atoms with Gasteiger partial charge in [-0.25, -0.2) is 4.39 Å². The van der Waals surface area contributed by atoms with Gasteiger partial charge < -0.3 is 11.1 Å². The monoisotopic (exact) mass is 250 g/mol. The third-order valence-corrected chi connectivity index (χ3v) is 3.35. The van der Waals surface area contributed by atoms with Crippen molar-refractivity contribution < 1.29 is 9.18 Å². The Kier molecular flexibility index (Phi) is 3.10. The third-order valence-electron chi connectivity index (χ3n) is 2.33. The molecule has 0 fully saturated rings. The van der Waals surface area contributed by atoms with Crippen LogP contribution >= 0.6 is 11.3 Å². The molecule has 1 amide bonds. The van der Waals surface area contributed by atoms with Crippen LogP contribution in [0.15, 0.2) is 29.6 Å². The molecule has 0 radical (unpaired) electrons. The molecule has 1 heterocycles. The van der Waals surface area contributed by atoms with E-state index in [1.54, 1.807) is 0 Å². The number of hydrogen-bond acceptors (Lipinski definition) is 3. The van der Waals surface area contributed by atoms with Crippen LogP contribution in [0.1, 0.15) is 15.2 Å². The Bertz CT molecular complexity index is 565. The van der Waals surface area contributed by atoms with Gasteiger partial charge in [-0.1, -0.05) is 0 Å². The minimum Gasteiger partial charge on any atom is -0.397 e. The average Bonchev–Trinajstić information content (AvgIpc) is 2.68. The number of hydrogen-bond donors (Lipinski definition) is 2. The zero-order valence-electron chi connectivity index (χ0n) is 9.16. The maximum Gasteiger partial charge on any atom is 0.266 e. The number of rotatable bonds is 2. The van der Waals surface area contributed by atoms with Gasteiger partial charge in [0, 0.05) is 0 Å². The highest BCUT2D eigenvalue weighted by atomic mass is 32.1. The number of carbonyl (C=O) groups is 1. The first-order valence-electron chi connectivity index (χ1n) is 4.98. The van der Waals surface area contributed by atoms with Gasteiger partial charge in [-0.05, 0) is 42.1 Å². The van der Waals surface area contributed by atoms with E-state index < -0.39 is 5.82 Å². The highest BCUT2D eigenvalue weighted by molar-refractivity contribution is 7.12. The molecule has 2 aromatic rings. The summed E-state index contributed by atoms with van der Waals surface area (Å²) in [6.45, 7) is 1.86. The summed E-state index contributed by atoms with van der Waals surface area (Å²) in [4.78, 5) is 12.5. The van der Waals surface area contributed by atoms with Crippen LogP contribution in [-0.2, 0) is 0 Å². The first-order chi connectivity index (χ1) is 8.08. The van der Waals surface area contributed by atoms with Crippen LogP contribution in [-0.4, -0.2) is 5.91 Å². The van der Waals surface area contributed by atoms with Gasteiger partial charge in [0.15, 0.2) is 0 Å². The van der Waals surface area contributed by atoms with Gasteiger partial charge in [0.05, 0.1) is 16.3 Å². The zero-order chi connectivity index (χ0) is 12.4. The second-order valence-electron chi connectivity index (χ2n) is 3.62. The zero-order valence-corrected chi connectivity index (χ0v) is 9.98. The van der Waals surface area contributed by atoms with Crippen LogP contribution in [0.25, 0.3) is 0 Å². The molecule has 0 aliphatic heterocycles. The molecule has 0 aliphatic rings. The number of anilines is 2. The minimum atomic E-state index is -0.423. The number of thiophene rings is 1. The maximum absolute atomic E-state index is 12.8. The van der Waals surface area contributed by atoms with Gasteiger partial charge in [-0.15, -0.1) is 11.3 Å². The molecule has 88 valence electrons. The number of amides is 1. The molecule has 2 rings (SSSR count). The molecule has 0 spiro atoms. The van der Waals surface area contributed by atoms with Crippen molar-refractivity contribution in [1.82, 2.24) is 0 Å². The van der Waals surface area contributed by atoms with Crippen molar-refractivity contribution in [2.24, 2.45) is 0 Å². The summed E-state index contributed by atoms with van der Waals surface area (Å²) in [7, 11) is 0. The van der Waals surface area contributed by atoms with Crippen LogP contribution < -0.4 is 11.1 Å². The second-order valence-corrected chi connectivity index (χ2v) is 4.53. The smallest absolute Gasteiger partial charge is 0.266 e. The van der Waals surface area contributed by atoms with Crippen LogP contribution in [0.3, 0.4) is 0 Å². The van der Waals surface area contributed by atoms with Crippen molar-refractivity contribution in [2.45, 2.75) is 6.92 Å². The largest absolute Gasteiger partial charge is 0.397 e. The number of aryl methyl sites for hydroxylation is 1. The van der Waals surface area contributed by atoms with Crippen molar-refractivity contribution >= 4 is 28.6 Å². The molecule has 1 aromatic heterocycles. The van der Waals surface area contributed by atoms with E-state index in [0.29, 0.717) is 10.6 Å². The fourth-order valence-electron chi connectivity index (χ4n) is 1.43. The van der Waals surface area contributed by atoms with Crippen LogP contribution in [0.4, 0.5) is 15.8 Å². The summed E-state index contributed by atoms with van der Waals surface area (Å²) in [6, 6.07) is 5.75. The van der Waals surface area contributed by atoms with E-state index in [1.165, 1.54) is 29.5 Å². The van der Waals surface area contributed by atoms with E-state index in [9.17, 15) is 9.18 Å². The summed E-state index contributed by atoms with van der Waals surface area (Å²) >= 11 is 1.36. The average molecular weight is 250 g/mol. The molecular formula is C12H11FN2OS. The summed E-state index contributed by atoms with van der Waals surface area (Å²) in [6.07, 6.45) is 0. The predicted molar refractivity (Wildman–Crippen MR) is 67.8 cm³/mol. The van der Waals surface area contributed by atoms with Crippen molar-refractivity contribution in [1.29, 1.82) is 0 Å². The Morgan fingerprint density at radius 2 is 2.18 bits per heavy atom. The lowest BCUT2D eigenvalue weighted by Crippen LogP contribution is -2.12. The van der Waals surface area contributed by atoms with E-state index in [1.807, 2.05) is 18.4 Å². The summed E-state index contributed by atoms with van der Waals surface area (Å²) in [5, 5.41) is 4.51. The van der Waals surface area contributed by atoms with Gasteiger partial charge in [0.25, 0.3) is 5.91 Å². The molecule has 17 heavy (non-hydrogen) atoms. The topological polar surface area (TPSA) is 55.1 Å². The Labute approximate surface area is 102 Å². The number of nitrogens with two attached hydrogens (primary N) is 1. The van der Waals surface area contributed by atoms with Gasteiger partial charge in [-0.2, -0.15) is 0 Å². The molecule has 3 N–H and O–H groups in total. The molecular weight excluding hydrogens is 239 g/mol. The van der Waals surface area contributed by atoms with Crippen LogP contribution in [0.5, 0.6) is 0 Å². The fraction of sp³-hybridized carbons (Fsp3) is 0.0833. The third kappa shape index (κ3) is 2.45. The molecule has 0 saturated heterocycles. The lowest BCUT2D eigenvalue weighted by atomic mass is 10.2. The van der Waals surface area contributed by atoms with Crippen LogP contribution in [0, 0.1) is 12.7 Å². The molecule has 1 aromatic carbocycles. The first-order valence-corrected chi connectivity index (χ1v) is 5.86. The summed E-state index contributed by atoms with van der Waals surface area (Å²) in [5.41, 5.74) is 7.16. The quantitative estimate of drug-likeness (QED) is 0.805. The fourth-order valence-corrected chi connectivity index (χ4v) is 2.25. The molecule has 0 unspecified atom stereocenters. The Balaban J connectivity index is 2.22. The summed E-state index contributed by atoms with van der Waals surface area (Å²) < 4.78 is 12.8. The molecule has 0 aliphatic carbocycles. The number of nitrogens with one attached hydrogen (secondary N) is 1. The minimum absolute atomic E-state index is 0.215. The van der Waals surface area contributed by atoms with Crippen molar-refractivity contribution in [2.75, 3.05) is 11.1 Å². The summed E-state index contributed by atoms with van der Waals surface area (Å²) in [5.74, 6) is -0.649. The van der Waals surface area contributed by atoms with E-state index in [2.05, 4.69) is 5.32 Å². The van der Waals surface area contributed by atoms with Crippen molar-refractivity contribution in [3.05, 3.63) is 45.9 Å². The first kappa shape index (κ1) is 11.6. The van der Waals surface area contributed by atoms with Gasteiger partial charge >= 0.3 is 0 Å². The van der Waals surface area contributed by atoms with E-state index in [-0.39, 0.29) is 11.6 Å². The highest BCUT2D eigenvalue weighted by Gasteiger charge is 2.12. The SMILES string of the molecule is Cc1ccsc1C(=O)Nc1ccc(F)cc1N. The maximum atomic E-state index is 12.8. The Hall–Kier alpha value is -1.88. The molecule has 0 atom stereocenters. The number of nitrogen functional groups attached to an aromatic ring is 1. The molecule has 0 saturated carbocycles. The van der Waals surface area contributed by atoms with Gasteiger partial charge in [-0.3, -0.25) is 4.79 Å². The van der Waals surface area contributed by atoms with Crippen molar-refractivity contribution in [3.63, 3.8) is 0 Å². The standard InChI is InChI=1S/C12H11FN2OS/c1-7-4-5-17-11(7)12(16)15-10-3-2-8(13)6-9(10)14/h2-6H,14H2,1H3,(H,15,16). The normalized spacial score (nSPS) is 10.2. The number of halogens is 1. The lowest BCUT2D eigenvalue weighted by molar-refractivity contribution is 0.103. The molecule has 5 heteroatoms. The molecule has 0 bridgehead atoms. The predicted octanol–water partition coefficient (Wildman–Crippen LogP) is 3.03.